The molecule has 14 heavy (non-hydrogen) atoms. The van der Waals surface area contributed by atoms with E-state index in [2.05, 4.69) is 11.1 Å². The van der Waals surface area contributed by atoms with Crippen LogP contribution in [0.1, 0.15) is 5.56 Å². The third kappa shape index (κ3) is 4.99. The first kappa shape index (κ1) is 13.9. The van der Waals surface area contributed by atoms with Crippen LogP contribution in [0.25, 0.3) is 0 Å². The maximum atomic E-state index is 11.2. The summed E-state index contributed by atoms with van der Waals surface area (Å²) in [5, 5.41) is 0. The van der Waals surface area contributed by atoms with Gasteiger partial charge in [-0.3, -0.25) is 0 Å². The fraction of sp³-hybridized carbons (Fsp3) is 0.111. The van der Waals surface area contributed by atoms with Gasteiger partial charge in [0.15, 0.2) is 0 Å². The molecule has 1 rings (SSSR count). The predicted molar refractivity (Wildman–Crippen MR) is 57.0 cm³/mol. The summed E-state index contributed by atoms with van der Waals surface area (Å²) in [5.41, 5.74) is 0.773. The van der Waals surface area contributed by atoms with E-state index in [-0.39, 0.29) is 35.7 Å². The monoisotopic (exact) mass is 221 g/mol. The Labute approximate surface area is 106 Å². The summed E-state index contributed by atoms with van der Waals surface area (Å²) in [6, 6.07) is 9.01. The molecule has 3 nitrogen and oxygen atoms in total. The Balaban J connectivity index is 0.00000169. The van der Waals surface area contributed by atoms with E-state index >= 15 is 0 Å². The maximum Gasteiger partial charge on any atom is 0.380 e. The molecule has 0 fully saturated rings. The van der Waals surface area contributed by atoms with Crippen molar-refractivity contribution in [1.29, 1.82) is 0 Å². The van der Waals surface area contributed by atoms with Gasteiger partial charge in [-0.05, 0) is 5.56 Å². The Kier molecular flexibility index (Phi) is 6.41. The van der Waals surface area contributed by atoms with Crippen molar-refractivity contribution < 1.29 is 14.0 Å². The molecule has 0 spiro atoms. The quantitative estimate of drug-likeness (QED) is 0.481. The van der Waals surface area contributed by atoms with Gasteiger partial charge in [-0.25, -0.2) is 4.57 Å². The van der Waals surface area contributed by atoms with Gasteiger partial charge in [-0.1, -0.05) is 36.9 Å². The van der Waals surface area contributed by atoms with Crippen LogP contribution in [0, 0.1) is 0 Å². The molecule has 1 radical (unpaired) electrons. The third-order valence-electron chi connectivity index (χ3n) is 1.46. The van der Waals surface area contributed by atoms with Gasteiger partial charge >= 0.3 is 7.60 Å². The van der Waals surface area contributed by atoms with Crippen LogP contribution in [-0.2, 0) is 15.3 Å². The third-order valence-corrected chi connectivity index (χ3v) is 2.71. The van der Waals surface area contributed by atoms with Crippen LogP contribution in [0.3, 0.4) is 0 Å². The van der Waals surface area contributed by atoms with Gasteiger partial charge in [0.25, 0.3) is 0 Å². The first-order valence-corrected chi connectivity index (χ1v) is 5.55. The van der Waals surface area contributed by atoms with Gasteiger partial charge in [-0.15, -0.1) is 0 Å². The molecule has 1 aromatic carbocycles. The van der Waals surface area contributed by atoms with E-state index < -0.39 is 7.60 Å². The molecule has 0 heterocycles. The van der Waals surface area contributed by atoms with Gasteiger partial charge in [0, 0.05) is 29.6 Å². The van der Waals surface area contributed by atoms with Gasteiger partial charge in [0.1, 0.15) is 0 Å². The second-order valence-electron chi connectivity index (χ2n) is 2.55. The van der Waals surface area contributed by atoms with Crippen LogP contribution in [-0.4, -0.2) is 34.5 Å². The topological polar surface area (TPSA) is 46.5 Å². The summed E-state index contributed by atoms with van der Waals surface area (Å²) in [6.07, 6.45) is 1.00. The van der Waals surface area contributed by atoms with Gasteiger partial charge in [0.2, 0.25) is 0 Å². The molecule has 5 heteroatoms. The molecule has 0 saturated carbocycles. The fourth-order valence-corrected chi connectivity index (χ4v) is 1.95. The van der Waals surface area contributed by atoms with E-state index in [1.165, 1.54) is 0 Å². The van der Waals surface area contributed by atoms with Crippen molar-refractivity contribution in [3.63, 3.8) is 0 Å². The molecule has 0 aliphatic heterocycles. The van der Waals surface area contributed by atoms with Crippen LogP contribution in [0.2, 0.25) is 0 Å². The summed E-state index contributed by atoms with van der Waals surface area (Å²) in [7, 11) is -3.53. The van der Waals surface area contributed by atoms with E-state index in [1.54, 1.807) is 12.1 Å². The SMILES string of the molecule is C=COP(=O)(O)Cc1ccccc1.[Na]. The number of hydrogen-bond acceptors (Lipinski definition) is 2. The Morgan fingerprint density at radius 1 is 1.43 bits per heavy atom. The summed E-state index contributed by atoms with van der Waals surface area (Å²) in [5.74, 6) is 0. The zero-order chi connectivity index (χ0) is 9.73. The van der Waals surface area contributed by atoms with Crippen molar-refractivity contribution in [2.45, 2.75) is 6.16 Å². The summed E-state index contributed by atoms with van der Waals surface area (Å²) >= 11 is 0. The number of rotatable bonds is 4. The summed E-state index contributed by atoms with van der Waals surface area (Å²) < 4.78 is 15.8. The van der Waals surface area contributed by atoms with E-state index in [4.69, 9.17) is 0 Å². The Bertz CT molecular complexity index is 326. The molecule has 1 atom stereocenters. The second-order valence-corrected chi connectivity index (χ2v) is 4.36. The van der Waals surface area contributed by atoms with Gasteiger partial charge < -0.3 is 9.42 Å². The maximum absolute atomic E-state index is 11.2. The molecule has 1 N–H and O–H groups in total. The summed E-state index contributed by atoms with van der Waals surface area (Å²) in [4.78, 5) is 9.23. The molecule has 1 unspecified atom stereocenters. The first-order chi connectivity index (χ1) is 6.14. The average molecular weight is 221 g/mol. The van der Waals surface area contributed by atoms with Crippen molar-refractivity contribution >= 4 is 37.2 Å². The van der Waals surface area contributed by atoms with Crippen LogP contribution in [0.4, 0.5) is 0 Å². The minimum Gasteiger partial charge on any atom is -0.433 e. The minimum atomic E-state index is -3.53. The number of benzene rings is 1. The average Bonchev–Trinajstić information content (AvgIpc) is 2.04. The van der Waals surface area contributed by atoms with Crippen molar-refractivity contribution in [1.82, 2.24) is 0 Å². The zero-order valence-electron chi connectivity index (χ0n) is 8.09. The fourth-order valence-electron chi connectivity index (χ4n) is 0.968. The van der Waals surface area contributed by atoms with Crippen LogP contribution in [0.15, 0.2) is 43.2 Å². The second kappa shape index (κ2) is 6.44. The van der Waals surface area contributed by atoms with Crippen molar-refractivity contribution in [2.24, 2.45) is 0 Å². The molecule has 0 aliphatic rings. The molecule has 71 valence electrons. The van der Waals surface area contributed by atoms with Crippen LogP contribution < -0.4 is 0 Å². The Morgan fingerprint density at radius 3 is 2.50 bits per heavy atom. The van der Waals surface area contributed by atoms with E-state index in [0.29, 0.717) is 0 Å². The minimum absolute atomic E-state index is 0. The normalized spacial score (nSPS) is 13.5. The molecule has 1 aromatic rings. The zero-order valence-corrected chi connectivity index (χ0v) is 11.0. The van der Waals surface area contributed by atoms with Crippen LogP contribution in [0.5, 0.6) is 0 Å². The molecule has 0 saturated heterocycles. The largest absolute Gasteiger partial charge is 0.433 e. The molecule has 0 bridgehead atoms. The molecular formula is C9H11NaO3P. The van der Waals surface area contributed by atoms with E-state index in [1.807, 2.05) is 18.2 Å². The molecule has 0 aliphatic carbocycles. The predicted octanol–water partition coefficient (Wildman–Crippen LogP) is 2.15. The van der Waals surface area contributed by atoms with Crippen molar-refractivity contribution in [2.75, 3.05) is 0 Å². The Morgan fingerprint density at radius 2 is 2.00 bits per heavy atom. The molecule has 0 amide bonds. The first-order valence-electron chi connectivity index (χ1n) is 3.79. The van der Waals surface area contributed by atoms with Crippen LogP contribution >= 0.6 is 7.60 Å². The standard InChI is InChI=1S/C9H11O3P.Na/c1-2-12-13(10,11)8-9-6-4-3-5-7-9;/h2-7H,1,8H2,(H,10,11);. The smallest absolute Gasteiger partial charge is 0.380 e. The van der Waals surface area contributed by atoms with E-state index in [0.717, 1.165) is 11.8 Å². The van der Waals surface area contributed by atoms with Crippen molar-refractivity contribution in [3.05, 3.63) is 48.7 Å². The number of hydrogen-bond donors (Lipinski definition) is 1. The van der Waals surface area contributed by atoms with Gasteiger partial charge in [0.05, 0.1) is 12.4 Å². The molecule has 0 aromatic heterocycles. The molecular weight excluding hydrogens is 210 g/mol. The van der Waals surface area contributed by atoms with Crippen molar-refractivity contribution in [3.8, 4) is 0 Å². The van der Waals surface area contributed by atoms with Gasteiger partial charge in [-0.2, -0.15) is 0 Å². The van der Waals surface area contributed by atoms with E-state index in [9.17, 15) is 9.46 Å². The summed E-state index contributed by atoms with van der Waals surface area (Å²) in [6.45, 7) is 3.23. The Hall–Kier alpha value is -0.0500.